The van der Waals surface area contributed by atoms with E-state index in [9.17, 15) is 23.3 Å². The lowest BCUT2D eigenvalue weighted by Crippen LogP contribution is -2.56. The summed E-state index contributed by atoms with van der Waals surface area (Å²) in [7, 11) is -3.86. The number of sulfone groups is 1. The van der Waals surface area contributed by atoms with Crippen molar-refractivity contribution in [3.63, 3.8) is 0 Å². The summed E-state index contributed by atoms with van der Waals surface area (Å²) < 4.78 is 32.4. The quantitative estimate of drug-likeness (QED) is 0.539. The summed E-state index contributed by atoms with van der Waals surface area (Å²) in [6.07, 6.45) is 0.739. The van der Waals surface area contributed by atoms with E-state index in [1.54, 1.807) is 0 Å². The normalized spacial score (nSPS) is 34.9. The fourth-order valence-electron chi connectivity index (χ4n) is 5.22. The minimum absolute atomic E-state index is 0.136. The van der Waals surface area contributed by atoms with Gasteiger partial charge in [0.25, 0.3) is 6.04 Å². The molecule has 4 atom stereocenters. The largest absolute Gasteiger partial charge is 0.483 e. The molecule has 0 spiro atoms. The van der Waals surface area contributed by atoms with Crippen LogP contribution in [0.25, 0.3) is 0 Å². The topological polar surface area (TPSA) is 104 Å². The molecule has 2 aliphatic heterocycles. The van der Waals surface area contributed by atoms with Crippen LogP contribution in [0, 0.1) is 22.5 Å². The average Bonchev–Trinajstić information content (AvgIpc) is 2.79. The molecule has 0 N–H and O–H groups in total. The van der Waals surface area contributed by atoms with Gasteiger partial charge in [-0.15, -0.1) is 0 Å². The maximum atomic E-state index is 13.2. The number of carbonyl (C=O) groups excluding carboxylic acids is 1. The Kier molecular flexibility index (Phi) is 4.25. The van der Waals surface area contributed by atoms with Crippen molar-refractivity contribution in [1.82, 2.24) is 0 Å². The molecule has 1 aliphatic carbocycles. The number of hydrogen-bond acceptors (Lipinski definition) is 6. The first-order valence-corrected chi connectivity index (χ1v) is 11.4. The molecule has 0 amide bonds. The number of ether oxygens (including phenoxy) is 1. The molecule has 1 fully saturated rings. The molecular formula is C21H25NO6S. The maximum absolute atomic E-state index is 13.2. The number of nitrogens with zero attached hydrogens (tertiary/aromatic N) is 1. The predicted molar refractivity (Wildman–Crippen MR) is 107 cm³/mol. The van der Waals surface area contributed by atoms with Gasteiger partial charge in [0.2, 0.25) is 0 Å². The lowest BCUT2D eigenvalue weighted by atomic mass is 9.68. The van der Waals surface area contributed by atoms with Gasteiger partial charge >= 0.3 is 0 Å². The zero-order valence-electron chi connectivity index (χ0n) is 17.0. The summed E-state index contributed by atoms with van der Waals surface area (Å²) in [4.78, 5) is 24.4. The van der Waals surface area contributed by atoms with Gasteiger partial charge in [0, 0.05) is 29.3 Å². The van der Waals surface area contributed by atoms with Gasteiger partial charge < -0.3 is 4.74 Å². The molecular weight excluding hydrogens is 394 g/mol. The van der Waals surface area contributed by atoms with Crippen LogP contribution in [-0.4, -0.2) is 41.8 Å². The third kappa shape index (κ3) is 2.99. The molecule has 0 bridgehead atoms. The number of rotatable bonds is 2. The molecule has 0 aromatic heterocycles. The standard InChI is InChI=1S/C21H25NO6S/c1-12-5-7-13(8-6-12)17-18-14(23)9-20(2,3)10-15(18)28-21(4)16(22(24)25)11-29(26,27)19(17)21/h5-8,16-17,19H,9-11H2,1-4H3/t16-,17-,19+,21-/m0/s1. The third-order valence-electron chi connectivity index (χ3n) is 6.53. The van der Waals surface area contributed by atoms with Crippen LogP contribution in [0.5, 0.6) is 0 Å². The Hall–Kier alpha value is -2.22. The number of carbonyl (C=O) groups is 1. The summed E-state index contributed by atoms with van der Waals surface area (Å²) >= 11 is 0. The Balaban J connectivity index is 1.99. The first-order chi connectivity index (χ1) is 13.4. The highest BCUT2D eigenvalue weighted by molar-refractivity contribution is 7.92. The van der Waals surface area contributed by atoms with E-state index in [4.69, 9.17) is 4.74 Å². The van der Waals surface area contributed by atoms with Crippen molar-refractivity contribution in [1.29, 1.82) is 0 Å². The van der Waals surface area contributed by atoms with E-state index in [-0.39, 0.29) is 11.2 Å². The number of nitro groups is 1. The number of benzene rings is 1. The Morgan fingerprint density at radius 1 is 1.14 bits per heavy atom. The summed E-state index contributed by atoms with van der Waals surface area (Å²) in [6.45, 7) is 7.34. The smallest absolute Gasteiger partial charge is 0.266 e. The zero-order valence-corrected chi connectivity index (χ0v) is 17.8. The summed E-state index contributed by atoms with van der Waals surface area (Å²) in [5, 5.41) is 10.6. The lowest BCUT2D eigenvalue weighted by Gasteiger charge is -2.46. The second kappa shape index (κ2) is 6.14. The van der Waals surface area contributed by atoms with Crippen molar-refractivity contribution >= 4 is 15.6 Å². The Morgan fingerprint density at radius 2 is 1.76 bits per heavy atom. The second-order valence-electron chi connectivity index (χ2n) is 9.50. The second-order valence-corrected chi connectivity index (χ2v) is 11.7. The number of allylic oxidation sites excluding steroid dienone is 2. The van der Waals surface area contributed by atoms with Crippen molar-refractivity contribution in [2.24, 2.45) is 5.41 Å². The van der Waals surface area contributed by atoms with Gasteiger partial charge in [0.15, 0.2) is 21.2 Å². The first kappa shape index (κ1) is 20.1. The molecule has 2 heterocycles. The number of ketones is 1. The molecule has 29 heavy (non-hydrogen) atoms. The van der Waals surface area contributed by atoms with Crippen LogP contribution in [-0.2, 0) is 19.4 Å². The summed E-state index contributed by atoms with van der Waals surface area (Å²) in [5.41, 5.74) is 0.195. The van der Waals surface area contributed by atoms with Crippen molar-refractivity contribution < 1.29 is 22.9 Å². The first-order valence-electron chi connectivity index (χ1n) is 9.73. The van der Waals surface area contributed by atoms with Crippen LogP contribution in [0.15, 0.2) is 35.6 Å². The fraction of sp³-hybridized carbons (Fsp3) is 0.571. The van der Waals surface area contributed by atoms with Crippen LogP contribution in [0.3, 0.4) is 0 Å². The lowest BCUT2D eigenvalue weighted by molar-refractivity contribution is -0.537. The van der Waals surface area contributed by atoms with E-state index in [2.05, 4.69) is 0 Å². The van der Waals surface area contributed by atoms with Gasteiger partial charge in [-0.3, -0.25) is 14.9 Å². The number of Topliss-reactive ketones (excluding diaryl/α,β-unsaturated/α-hetero) is 1. The van der Waals surface area contributed by atoms with E-state index >= 15 is 0 Å². The van der Waals surface area contributed by atoms with Gasteiger partial charge in [-0.1, -0.05) is 43.7 Å². The maximum Gasteiger partial charge on any atom is 0.266 e. The van der Waals surface area contributed by atoms with E-state index < -0.39 is 43.3 Å². The highest BCUT2D eigenvalue weighted by atomic mass is 32.2. The van der Waals surface area contributed by atoms with Gasteiger partial charge in [0.1, 0.15) is 16.8 Å². The predicted octanol–water partition coefficient (Wildman–Crippen LogP) is 2.95. The van der Waals surface area contributed by atoms with Crippen LogP contribution >= 0.6 is 0 Å². The van der Waals surface area contributed by atoms with Crippen LogP contribution in [0.4, 0.5) is 0 Å². The van der Waals surface area contributed by atoms with Crippen molar-refractivity contribution in [3.8, 4) is 0 Å². The molecule has 4 rings (SSSR count). The van der Waals surface area contributed by atoms with Gasteiger partial charge in [-0.2, -0.15) is 0 Å². The molecule has 3 aliphatic rings. The molecule has 1 aromatic carbocycles. The zero-order chi connectivity index (χ0) is 21.4. The van der Waals surface area contributed by atoms with E-state index in [1.807, 2.05) is 45.0 Å². The molecule has 0 radical (unpaired) electrons. The Bertz CT molecular complexity index is 1040. The van der Waals surface area contributed by atoms with Gasteiger partial charge in [-0.25, -0.2) is 8.42 Å². The monoisotopic (exact) mass is 419 g/mol. The van der Waals surface area contributed by atoms with Crippen LogP contribution in [0.2, 0.25) is 0 Å². The number of fused-ring (bicyclic) bond motifs is 1. The highest BCUT2D eigenvalue weighted by Crippen LogP contribution is 2.55. The summed E-state index contributed by atoms with van der Waals surface area (Å²) in [6, 6.07) is 5.99. The van der Waals surface area contributed by atoms with Crippen LogP contribution in [0.1, 0.15) is 50.7 Å². The van der Waals surface area contributed by atoms with E-state index in [0.29, 0.717) is 29.7 Å². The molecule has 8 heteroatoms. The van der Waals surface area contributed by atoms with Crippen LogP contribution < -0.4 is 0 Å². The minimum atomic E-state index is -3.86. The van der Waals surface area contributed by atoms with E-state index in [0.717, 1.165) is 5.56 Å². The highest BCUT2D eigenvalue weighted by Gasteiger charge is 2.70. The third-order valence-corrected chi connectivity index (χ3v) is 8.82. The van der Waals surface area contributed by atoms with Gasteiger partial charge in [-0.05, 0) is 24.8 Å². The minimum Gasteiger partial charge on any atom is -0.483 e. The molecule has 156 valence electrons. The molecule has 7 nitrogen and oxygen atoms in total. The van der Waals surface area contributed by atoms with Crippen molar-refractivity contribution in [2.75, 3.05) is 5.75 Å². The molecule has 1 aromatic rings. The Morgan fingerprint density at radius 3 is 2.34 bits per heavy atom. The fourth-order valence-corrected chi connectivity index (χ4v) is 7.94. The summed E-state index contributed by atoms with van der Waals surface area (Å²) in [5.74, 6) is -1.06. The SMILES string of the molecule is Cc1ccc([C@H]2C3=C(CC(C)(C)CC3=O)O[C@@]3(C)[C@@H]([N+](=O)[O-])CS(=O)(=O)[C@H]23)cc1. The van der Waals surface area contributed by atoms with Crippen molar-refractivity contribution in [2.45, 2.75) is 63.3 Å². The van der Waals surface area contributed by atoms with Crippen molar-refractivity contribution in [3.05, 3.63) is 56.8 Å². The molecule has 0 unspecified atom stereocenters. The number of aryl methyl sites for hydroxylation is 1. The molecule has 0 saturated carbocycles. The average molecular weight is 419 g/mol. The Labute approximate surface area is 170 Å². The molecule has 1 saturated heterocycles. The van der Waals surface area contributed by atoms with Gasteiger partial charge in [0.05, 0.1) is 0 Å². The van der Waals surface area contributed by atoms with E-state index in [1.165, 1.54) is 6.92 Å². The number of hydrogen-bond donors (Lipinski definition) is 0.